The SMILES string of the molecule is Cc1nc2cc(C(=O)Nc3ccc(Cl)cc3C(=O)N3CCCC3)ccc2n1-c1ccccc1. The largest absolute Gasteiger partial charge is 0.339 e. The summed E-state index contributed by atoms with van der Waals surface area (Å²) in [6.45, 7) is 3.38. The van der Waals surface area contributed by atoms with E-state index in [-0.39, 0.29) is 11.8 Å². The van der Waals surface area contributed by atoms with E-state index in [1.165, 1.54) is 0 Å². The standard InChI is InChI=1S/C26H23ClN4O2/c1-17-28-23-15-18(9-12-24(23)31(17)20-7-3-2-4-8-20)25(32)29-22-11-10-19(27)16-21(22)26(33)30-13-5-6-14-30/h2-4,7-12,15-16H,5-6,13-14H2,1H3,(H,29,32). The predicted octanol–water partition coefficient (Wildman–Crippen LogP) is 5.48. The molecule has 2 heterocycles. The van der Waals surface area contributed by atoms with Crippen LogP contribution < -0.4 is 5.32 Å². The van der Waals surface area contributed by atoms with Crippen LogP contribution >= 0.6 is 11.6 Å². The Morgan fingerprint density at radius 2 is 1.73 bits per heavy atom. The van der Waals surface area contributed by atoms with Crippen molar-refractivity contribution in [3.05, 3.63) is 88.7 Å². The molecule has 33 heavy (non-hydrogen) atoms. The molecular formula is C26H23ClN4O2. The van der Waals surface area contributed by atoms with Crippen molar-refractivity contribution in [3.8, 4) is 5.69 Å². The summed E-state index contributed by atoms with van der Waals surface area (Å²) in [4.78, 5) is 32.5. The van der Waals surface area contributed by atoms with Crippen LogP contribution in [0.2, 0.25) is 5.02 Å². The number of aryl methyl sites for hydroxylation is 1. The number of nitrogens with zero attached hydrogens (tertiary/aromatic N) is 3. The molecule has 0 bridgehead atoms. The Morgan fingerprint density at radius 1 is 0.970 bits per heavy atom. The summed E-state index contributed by atoms with van der Waals surface area (Å²) in [7, 11) is 0. The Hall–Kier alpha value is -3.64. The molecule has 0 saturated carbocycles. The highest BCUT2D eigenvalue weighted by Gasteiger charge is 2.23. The second-order valence-corrected chi connectivity index (χ2v) is 8.61. The van der Waals surface area contributed by atoms with Gasteiger partial charge in [0.2, 0.25) is 0 Å². The lowest BCUT2D eigenvalue weighted by atomic mass is 10.1. The Morgan fingerprint density at radius 3 is 2.48 bits per heavy atom. The van der Waals surface area contributed by atoms with Crippen molar-refractivity contribution in [1.29, 1.82) is 0 Å². The number of fused-ring (bicyclic) bond motifs is 1. The topological polar surface area (TPSA) is 67.2 Å². The van der Waals surface area contributed by atoms with Crippen molar-refractivity contribution in [3.63, 3.8) is 0 Å². The molecule has 1 aliphatic rings. The summed E-state index contributed by atoms with van der Waals surface area (Å²) in [6.07, 6.45) is 1.98. The Bertz CT molecular complexity index is 1360. The normalized spacial score (nSPS) is 13.5. The number of likely N-dealkylation sites (tertiary alicyclic amines) is 1. The molecule has 3 aromatic carbocycles. The van der Waals surface area contributed by atoms with Crippen molar-refractivity contribution in [2.75, 3.05) is 18.4 Å². The minimum Gasteiger partial charge on any atom is -0.339 e. The van der Waals surface area contributed by atoms with Crippen molar-refractivity contribution in [2.45, 2.75) is 19.8 Å². The Balaban J connectivity index is 1.45. The van der Waals surface area contributed by atoms with Crippen molar-refractivity contribution in [1.82, 2.24) is 14.5 Å². The van der Waals surface area contributed by atoms with Crippen LogP contribution in [0, 0.1) is 6.92 Å². The number of halogens is 1. The highest BCUT2D eigenvalue weighted by molar-refractivity contribution is 6.31. The van der Waals surface area contributed by atoms with Gasteiger partial charge in [0.15, 0.2) is 0 Å². The van der Waals surface area contributed by atoms with Gasteiger partial charge in [-0.2, -0.15) is 0 Å². The number of aromatic nitrogens is 2. The molecule has 166 valence electrons. The highest BCUT2D eigenvalue weighted by Crippen LogP contribution is 2.26. The number of anilines is 1. The van der Waals surface area contributed by atoms with Gasteiger partial charge in [-0.05, 0) is 68.3 Å². The molecule has 0 spiro atoms. The maximum atomic E-state index is 13.1. The van der Waals surface area contributed by atoms with E-state index in [1.807, 2.05) is 43.3 Å². The number of carbonyl (C=O) groups is 2. The second-order valence-electron chi connectivity index (χ2n) is 8.18. The predicted molar refractivity (Wildman–Crippen MR) is 130 cm³/mol. The third kappa shape index (κ3) is 4.10. The van der Waals surface area contributed by atoms with Crippen LogP contribution in [0.5, 0.6) is 0 Å². The van der Waals surface area contributed by atoms with Crippen LogP contribution in [0.1, 0.15) is 39.4 Å². The smallest absolute Gasteiger partial charge is 0.256 e. The van der Waals surface area contributed by atoms with Crippen molar-refractivity contribution >= 4 is 40.1 Å². The molecule has 0 radical (unpaired) electrons. The molecule has 6 nitrogen and oxygen atoms in total. The first-order chi connectivity index (χ1) is 16.0. The lowest BCUT2D eigenvalue weighted by molar-refractivity contribution is 0.0794. The molecule has 1 saturated heterocycles. The maximum absolute atomic E-state index is 13.1. The van der Waals surface area contributed by atoms with Gasteiger partial charge in [0.1, 0.15) is 5.82 Å². The summed E-state index contributed by atoms with van der Waals surface area (Å²) in [6, 6.07) is 20.4. The lowest BCUT2D eigenvalue weighted by Crippen LogP contribution is -2.28. The van der Waals surface area contributed by atoms with E-state index in [0.717, 1.165) is 48.5 Å². The zero-order valence-corrected chi connectivity index (χ0v) is 19.0. The quantitative estimate of drug-likeness (QED) is 0.440. The number of hydrogen-bond acceptors (Lipinski definition) is 3. The van der Waals surface area contributed by atoms with E-state index in [0.29, 0.717) is 21.8 Å². The molecule has 0 unspecified atom stereocenters. The van der Waals surface area contributed by atoms with E-state index < -0.39 is 0 Å². The maximum Gasteiger partial charge on any atom is 0.256 e. The zero-order valence-electron chi connectivity index (χ0n) is 18.2. The van der Waals surface area contributed by atoms with Gasteiger partial charge >= 0.3 is 0 Å². The molecule has 1 aromatic heterocycles. The third-order valence-corrected chi connectivity index (χ3v) is 6.19. The number of amides is 2. The first-order valence-corrected chi connectivity index (χ1v) is 11.3. The third-order valence-electron chi connectivity index (χ3n) is 5.95. The number of carbonyl (C=O) groups excluding carboxylic acids is 2. The molecule has 2 amide bonds. The second kappa shape index (κ2) is 8.71. The zero-order chi connectivity index (χ0) is 22.9. The number of benzene rings is 3. The van der Waals surface area contributed by atoms with E-state index in [4.69, 9.17) is 11.6 Å². The van der Waals surface area contributed by atoms with Gasteiger partial charge in [-0.25, -0.2) is 4.98 Å². The van der Waals surface area contributed by atoms with Crippen LogP contribution in [0.15, 0.2) is 66.7 Å². The minimum atomic E-state index is -0.304. The molecule has 1 aliphatic heterocycles. The summed E-state index contributed by atoms with van der Waals surface area (Å²) in [5.41, 5.74) is 3.99. The summed E-state index contributed by atoms with van der Waals surface area (Å²) < 4.78 is 2.06. The summed E-state index contributed by atoms with van der Waals surface area (Å²) >= 11 is 6.16. The fourth-order valence-electron chi connectivity index (χ4n) is 4.33. The highest BCUT2D eigenvalue weighted by atomic mass is 35.5. The van der Waals surface area contributed by atoms with E-state index in [9.17, 15) is 9.59 Å². The molecule has 1 N–H and O–H groups in total. The van der Waals surface area contributed by atoms with Crippen molar-refractivity contribution in [2.24, 2.45) is 0 Å². The van der Waals surface area contributed by atoms with E-state index in [2.05, 4.69) is 14.9 Å². The van der Waals surface area contributed by atoms with Crippen LogP contribution in [0.3, 0.4) is 0 Å². The average Bonchev–Trinajstić information content (AvgIpc) is 3.47. The molecule has 7 heteroatoms. The number of hydrogen-bond donors (Lipinski definition) is 1. The fourth-order valence-corrected chi connectivity index (χ4v) is 4.50. The first-order valence-electron chi connectivity index (χ1n) is 11.0. The van der Waals surface area contributed by atoms with Gasteiger partial charge in [0.25, 0.3) is 11.8 Å². The molecule has 0 aliphatic carbocycles. The Labute approximate surface area is 196 Å². The number of imidazole rings is 1. The number of rotatable bonds is 4. The van der Waals surface area contributed by atoms with Crippen LogP contribution in [-0.4, -0.2) is 39.4 Å². The lowest BCUT2D eigenvalue weighted by Gasteiger charge is -2.18. The molecule has 4 aromatic rings. The van der Waals surface area contributed by atoms with Crippen molar-refractivity contribution < 1.29 is 9.59 Å². The van der Waals surface area contributed by atoms with Crippen LogP contribution in [0.25, 0.3) is 16.7 Å². The molecule has 5 rings (SSSR count). The number of para-hydroxylation sites is 1. The summed E-state index contributed by atoms with van der Waals surface area (Å²) in [5.74, 6) is 0.421. The van der Waals surface area contributed by atoms with Gasteiger partial charge in [-0.1, -0.05) is 29.8 Å². The van der Waals surface area contributed by atoms with E-state index >= 15 is 0 Å². The average molecular weight is 459 g/mol. The van der Waals surface area contributed by atoms with Crippen LogP contribution in [-0.2, 0) is 0 Å². The van der Waals surface area contributed by atoms with Gasteiger partial charge in [0.05, 0.1) is 22.3 Å². The van der Waals surface area contributed by atoms with Gasteiger partial charge in [-0.3, -0.25) is 14.2 Å². The molecule has 0 atom stereocenters. The Kier molecular flexibility index (Phi) is 5.60. The van der Waals surface area contributed by atoms with Gasteiger partial charge in [0, 0.05) is 29.4 Å². The minimum absolute atomic E-state index is 0.113. The first kappa shape index (κ1) is 21.2. The van der Waals surface area contributed by atoms with Gasteiger partial charge in [-0.15, -0.1) is 0 Å². The molecular weight excluding hydrogens is 436 g/mol. The van der Waals surface area contributed by atoms with Crippen LogP contribution in [0.4, 0.5) is 5.69 Å². The number of nitrogens with one attached hydrogen (secondary N) is 1. The van der Waals surface area contributed by atoms with E-state index in [1.54, 1.807) is 35.2 Å². The van der Waals surface area contributed by atoms with Gasteiger partial charge < -0.3 is 10.2 Å². The monoisotopic (exact) mass is 458 g/mol. The fraction of sp³-hybridized carbons (Fsp3) is 0.192. The molecule has 1 fully saturated rings. The summed E-state index contributed by atoms with van der Waals surface area (Å²) in [5, 5.41) is 3.35.